The number of hydrogen-bond donors (Lipinski definition) is 2. The molecule has 1 unspecified atom stereocenters. The molecule has 0 radical (unpaired) electrons. The van der Waals surface area contributed by atoms with Crippen molar-refractivity contribution in [2.24, 2.45) is 0 Å². The lowest BCUT2D eigenvalue weighted by atomic mass is 9.92. The van der Waals surface area contributed by atoms with Gasteiger partial charge in [-0.3, -0.25) is 4.79 Å². The average molecular weight is 495 g/mol. The van der Waals surface area contributed by atoms with Crippen LogP contribution in [0.1, 0.15) is 49.1 Å². The quantitative estimate of drug-likeness (QED) is 0.623. The first kappa shape index (κ1) is 23.7. The summed E-state index contributed by atoms with van der Waals surface area (Å²) in [5.74, 6) is -0.0958. The molecule has 2 amide bonds. The van der Waals surface area contributed by atoms with Crippen molar-refractivity contribution in [3.05, 3.63) is 59.7 Å². The molecule has 1 heterocycles. The van der Waals surface area contributed by atoms with Crippen LogP contribution < -0.4 is 5.32 Å². The third-order valence-electron chi connectivity index (χ3n) is 7.50. The van der Waals surface area contributed by atoms with Crippen LogP contribution in [0, 0.1) is 0 Å². The second-order valence-corrected chi connectivity index (χ2v) is 10.8. The molecule has 35 heavy (non-hydrogen) atoms. The fourth-order valence-electron chi connectivity index (χ4n) is 5.75. The number of carbonyl (C=O) groups excluding carboxylic acids is 2. The maximum Gasteiger partial charge on any atom is 0.407 e. The summed E-state index contributed by atoms with van der Waals surface area (Å²) in [5.41, 5.74) is 3.95. The number of amides is 2. The Morgan fingerprint density at radius 3 is 2.29 bits per heavy atom. The Labute approximate surface area is 209 Å². The van der Waals surface area contributed by atoms with Gasteiger partial charge in [-0.2, -0.15) is 11.8 Å². The van der Waals surface area contributed by atoms with E-state index in [1.807, 2.05) is 24.3 Å². The number of hydrogen-bond acceptors (Lipinski definition) is 5. The van der Waals surface area contributed by atoms with Crippen molar-refractivity contribution in [1.82, 2.24) is 10.2 Å². The van der Waals surface area contributed by atoms with Gasteiger partial charge in [-0.1, -0.05) is 61.4 Å². The fraction of sp³-hybridized carbons (Fsp3) is 0.444. The molecule has 2 aromatic carbocycles. The van der Waals surface area contributed by atoms with Crippen LogP contribution in [0.25, 0.3) is 11.1 Å². The highest BCUT2D eigenvalue weighted by Crippen LogP contribution is 2.44. The lowest BCUT2D eigenvalue weighted by Gasteiger charge is -2.36. The van der Waals surface area contributed by atoms with E-state index in [-0.39, 0.29) is 24.9 Å². The summed E-state index contributed by atoms with van der Waals surface area (Å²) in [6.45, 7) is 0.635. The maximum absolute atomic E-state index is 13.2. The highest BCUT2D eigenvalue weighted by molar-refractivity contribution is 7.99. The predicted molar refractivity (Wildman–Crippen MR) is 134 cm³/mol. The van der Waals surface area contributed by atoms with Crippen molar-refractivity contribution in [2.75, 3.05) is 24.7 Å². The summed E-state index contributed by atoms with van der Waals surface area (Å²) in [5, 5.41) is 12.6. The van der Waals surface area contributed by atoms with Crippen LogP contribution in [0.2, 0.25) is 0 Å². The number of nitrogens with zero attached hydrogens (tertiary/aromatic N) is 1. The topological polar surface area (TPSA) is 95.9 Å². The molecule has 0 bridgehead atoms. The zero-order chi connectivity index (χ0) is 24.4. The number of aliphatic carboxylic acids is 1. The van der Waals surface area contributed by atoms with Crippen molar-refractivity contribution in [3.8, 4) is 11.1 Å². The predicted octanol–water partition coefficient (Wildman–Crippen LogP) is 4.26. The van der Waals surface area contributed by atoms with E-state index in [0.717, 1.165) is 29.7 Å². The van der Waals surface area contributed by atoms with E-state index in [2.05, 4.69) is 29.6 Å². The lowest BCUT2D eigenvalue weighted by molar-refractivity contribution is -0.149. The lowest BCUT2D eigenvalue weighted by Crippen LogP contribution is -2.55. The molecule has 1 saturated heterocycles. The molecule has 2 fully saturated rings. The summed E-state index contributed by atoms with van der Waals surface area (Å²) in [7, 11) is 0. The van der Waals surface area contributed by atoms with Gasteiger partial charge in [0.05, 0.1) is 12.0 Å². The number of benzene rings is 2. The number of fused-ring (bicyclic) bond motifs is 3. The minimum absolute atomic E-state index is 0.0310. The van der Waals surface area contributed by atoms with Gasteiger partial charge in [0.15, 0.2) is 0 Å². The van der Waals surface area contributed by atoms with Gasteiger partial charge in [-0.15, -0.1) is 0 Å². The third-order valence-corrected chi connectivity index (χ3v) is 8.52. The van der Waals surface area contributed by atoms with E-state index >= 15 is 0 Å². The second-order valence-electron chi connectivity index (χ2n) is 9.63. The number of rotatable bonds is 6. The van der Waals surface area contributed by atoms with Crippen LogP contribution in [-0.2, 0) is 14.3 Å². The van der Waals surface area contributed by atoms with E-state index in [1.54, 1.807) is 11.8 Å². The van der Waals surface area contributed by atoms with Gasteiger partial charge < -0.3 is 20.1 Å². The summed E-state index contributed by atoms with van der Waals surface area (Å²) in [4.78, 5) is 39.2. The second kappa shape index (κ2) is 9.93. The molecule has 1 atom stereocenters. The molecule has 1 saturated carbocycles. The normalized spacial score (nSPS) is 20.7. The zero-order valence-electron chi connectivity index (χ0n) is 19.6. The van der Waals surface area contributed by atoms with Crippen molar-refractivity contribution in [1.29, 1.82) is 0 Å². The molecule has 7 nitrogen and oxygen atoms in total. The maximum atomic E-state index is 13.2. The third kappa shape index (κ3) is 4.76. The molecule has 1 aliphatic heterocycles. The molecule has 2 aromatic rings. The molecular formula is C27H30N2O5S. The van der Waals surface area contributed by atoms with Gasteiger partial charge in [0.2, 0.25) is 5.91 Å². The van der Waals surface area contributed by atoms with Gasteiger partial charge >= 0.3 is 12.1 Å². The number of carboxylic acids is 1. The van der Waals surface area contributed by atoms with E-state index in [1.165, 1.54) is 16.0 Å². The number of ether oxygens (including phenoxy) is 1. The van der Waals surface area contributed by atoms with Crippen LogP contribution in [0.4, 0.5) is 4.79 Å². The molecule has 5 rings (SSSR count). The van der Waals surface area contributed by atoms with Crippen LogP contribution >= 0.6 is 11.8 Å². The van der Waals surface area contributed by atoms with Crippen molar-refractivity contribution < 1.29 is 24.2 Å². The smallest absolute Gasteiger partial charge is 0.407 e. The van der Waals surface area contributed by atoms with Gasteiger partial charge in [0.1, 0.15) is 12.6 Å². The Morgan fingerprint density at radius 1 is 1.03 bits per heavy atom. The van der Waals surface area contributed by atoms with Gasteiger partial charge in [-0.25, -0.2) is 9.59 Å². The van der Waals surface area contributed by atoms with E-state index < -0.39 is 23.6 Å². The molecule has 0 spiro atoms. The summed E-state index contributed by atoms with van der Waals surface area (Å²) < 4.78 is 5.74. The molecule has 3 aliphatic rings. The number of thioether (sulfide) groups is 1. The van der Waals surface area contributed by atoms with Crippen molar-refractivity contribution in [3.63, 3.8) is 0 Å². The molecule has 0 aromatic heterocycles. The highest BCUT2D eigenvalue weighted by Gasteiger charge is 2.42. The number of carbonyl (C=O) groups is 3. The van der Waals surface area contributed by atoms with Gasteiger partial charge in [-0.05, 0) is 35.1 Å². The minimum Gasteiger partial charge on any atom is -0.480 e. The minimum atomic E-state index is -0.976. The summed E-state index contributed by atoms with van der Waals surface area (Å²) >= 11 is 1.55. The number of nitrogens with one attached hydrogen (secondary N) is 1. The van der Waals surface area contributed by atoms with Crippen LogP contribution in [0.5, 0.6) is 0 Å². The van der Waals surface area contributed by atoms with E-state index in [9.17, 15) is 19.5 Å². The van der Waals surface area contributed by atoms with Crippen molar-refractivity contribution >= 4 is 29.7 Å². The molecular weight excluding hydrogens is 464 g/mol. The largest absolute Gasteiger partial charge is 0.480 e. The highest BCUT2D eigenvalue weighted by atomic mass is 32.2. The Balaban J connectivity index is 1.25. The molecule has 2 aliphatic carbocycles. The Morgan fingerprint density at radius 2 is 1.66 bits per heavy atom. The van der Waals surface area contributed by atoms with Crippen LogP contribution in [0.15, 0.2) is 48.5 Å². The first-order chi connectivity index (χ1) is 17.0. The van der Waals surface area contributed by atoms with Gasteiger partial charge in [0, 0.05) is 24.0 Å². The number of carboxylic acid groups (broad SMARTS) is 1. The van der Waals surface area contributed by atoms with E-state index in [0.29, 0.717) is 25.1 Å². The van der Waals surface area contributed by atoms with Crippen molar-refractivity contribution in [2.45, 2.75) is 49.6 Å². The summed E-state index contributed by atoms with van der Waals surface area (Å²) in [6.07, 6.45) is 2.77. The zero-order valence-corrected chi connectivity index (χ0v) is 20.4. The molecule has 184 valence electrons. The van der Waals surface area contributed by atoms with Crippen LogP contribution in [-0.4, -0.2) is 64.2 Å². The molecule has 8 heteroatoms. The summed E-state index contributed by atoms with van der Waals surface area (Å²) in [6, 6.07) is 15.6. The molecule has 2 N–H and O–H groups in total. The SMILES string of the molecule is O=C(NC1(CC(=O)N2CCSCC2C(=O)O)CCCC1)OCC1c2ccccc2-c2ccccc21. The number of alkyl carbamates (subject to hydrolysis) is 1. The standard InChI is InChI=1S/C27H30N2O5S/c30-24(29-13-14-35-17-23(29)25(31)32)15-27(11-5-6-12-27)28-26(33)34-16-22-20-9-3-1-7-18(20)19-8-2-4-10-21(19)22/h1-4,7-10,22-23H,5-6,11-17H2,(H,28,33)(H,31,32). The van der Waals surface area contributed by atoms with Gasteiger partial charge in [0.25, 0.3) is 0 Å². The van der Waals surface area contributed by atoms with Crippen LogP contribution in [0.3, 0.4) is 0 Å². The first-order valence-electron chi connectivity index (χ1n) is 12.2. The monoisotopic (exact) mass is 494 g/mol. The van der Waals surface area contributed by atoms with E-state index in [4.69, 9.17) is 4.74 Å². The Bertz CT molecular complexity index is 1080. The fourth-order valence-corrected chi connectivity index (χ4v) is 6.78. The first-order valence-corrected chi connectivity index (χ1v) is 13.4. The average Bonchev–Trinajstić information content (AvgIpc) is 3.45. The Hall–Kier alpha value is -3.00. The Kier molecular flexibility index (Phi) is 6.73.